The summed E-state index contributed by atoms with van der Waals surface area (Å²) in [6.07, 6.45) is 1.28. The van der Waals surface area contributed by atoms with Crippen LogP contribution in [0.3, 0.4) is 0 Å². The first-order chi connectivity index (χ1) is 7.68. The first-order valence-corrected chi connectivity index (χ1v) is 7.96. The van der Waals surface area contributed by atoms with E-state index in [1.165, 1.54) is 6.26 Å². The van der Waals surface area contributed by atoms with Crippen LogP contribution in [0.25, 0.3) is 0 Å². The van der Waals surface area contributed by atoms with E-state index in [0.29, 0.717) is 13.1 Å². The van der Waals surface area contributed by atoms with Crippen LogP contribution in [0.2, 0.25) is 0 Å². The molecule has 0 unspecified atom stereocenters. The van der Waals surface area contributed by atoms with Crippen LogP contribution in [0.4, 0.5) is 0 Å². The maximum Gasteiger partial charge on any atom is 0.211 e. The summed E-state index contributed by atoms with van der Waals surface area (Å²) in [6, 6.07) is 0. The molecule has 0 radical (unpaired) electrons. The van der Waals surface area contributed by atoms with Gasteiger partial charge in [0.15, 0.2) is 0 Å². The number of sulfonamides is 1. The highest BCUT2D eigenvalue weighted by molar-refractivity contribution is 7.88. The van der Waals surface area contributed by atoms with E-state index >= 15 is 0 Å². The molecule has 0 spiro atoms. The summed E-state index contributed by atoms with van der Waals surface area (Å²) in [5.74, 6) is 0. The van der Waals surface area contributed by atoms with Crippen molar-refractivity contribution < 1.29 is 8.42 Å². The molecule has 1 aliphatic heterocycles. The number of piperazine rings is 1. The van der Waals surface area contributed by atoms with Crippen molar-refractivity contribution in [1.29, 1.82) is 0 Å². The second-order valence-corrected chi connectivity index (χ2v) is 7.66. The summed E-state index contributed by atoms with van der Waals surface area (Å²) in [6.45, 7) is 11.3. The zero-order valence-corrected chi connectivity index (χ0v) is 12.2. The summed E-state index contributed by atoms with van der Waals surface area (Å²) in [7, 11) is -3.00. The lowest BCUT2D eigenvalue weighted by atomic mass is 10.1. The highest BCUT2D eigenvalue weighted by atomic mass is 32.2. The van der Waals surface area contributed by atoms with E-state index in [-0.39, 0.29) is 5.54 Å². The van der Waals surface area contributed by atoms with Crippen LogP contribution in [-0.2, 0) is 10.0 Å². The lowest BCUT2D eigenvalue weighted by molar-refractivity contribution is 0.185. The molecule has 0 aromatic carbocycles. The molecule has 102 valence electrons. The van der Waals surface area contributed by atoms with E-state index < -0.39 is 10.0 Å². The highest BCUT2D eigenvalue weighted by Gasteiger charge is 2.23. The fourth-order valence-electron chi connectivity index (χ4n) is 1.87. The van der Waals surface area contributed by atoms with Crippen LogP contribution >= 0.6 is 0 Å². The van der Waals surface area contributed by atoms with Crippen molar-refractivity contribution in [3.05, 3.63) is 0 Å². The quantitative estimate of drug-likeness (QED) is 0.773. The zero-order valence-electron chi connectivity index (χ0n) is 11.4. The van der Waals surface area contributed by atoms with Gasteiger partial charge in [-0.15, -0.1) is 0 Å². The Morgan fingerprint density at radius 1 is 1.12 bits per heavy atom. The second-order valence-electron chi connectivity index (χ2n) is 5.68. The number of nitrogens with zero attached hydrogens (tertiary/aromatic N) is 2. The number of hydrogen-bond donors (Lipinski definition) is 1. The summed E-state index contributed by atoms with van der Waals surface area (Å²) < 4.78 is 24.2. The molecule has 17 heavy (non-hydrogen) atoms. The van der Waals surface area contributed by atoms with E-state index in [4.69, 9.17) is 0 Å². The Hall–Kier alpha value is -0.170. The molecule has 1 N–H and O–H groups in total. The molecule has 1 fully saturated rings. The van der Waals surface area contributed by atoms with Gasteiger partial charge in [0, 0.05) is 44.8 Å². The largest absolute Gasteiger partial charge is 0.311 e. The molecule has 5 nitrogen and oxygen atoms in total. The minimum Gasteiger partial charge on any atom is -0.311 e. The van der Waals surface area contributed by atoms with Crippen LogP contribution in [0.1, 0.15) is 20.8 Å². The van der Waals surface area contributed by atoms with Crippen molar-refractivity contribution in [3.8, 4) is 0 Å². The van der Waals surface area contributed by atoms with Crippen LogP contribution in [0.15, 0.2) is 0 Å². The smallest absolute Gasteiger partial charge is 0.211 e. The third-order valence-corrected chi connectivity index (χ3v) is 4.19. The van der Waals surface area contributed by atoms with Gasteiger partial charge >= 0.3 is 0 Å². The molecule has 0 amide bonds. The monoisotopic (exact) mass is 263 g/mol. The van der Waals surface area contributed by atoms with Crippen LogP contribution in [0.5, 0.6) is 0 Å². The average Bonchev–Trinajstić information content (AvgIpc) is 2.15. The van der Waals surface area contributed by atoms with Crippen molar-refractivity contribution in [2.75, 3.05) is 45.5 Å². The minimum absolute atomic E-state index is 0.147. The topological polar surface area (TPSA) is 52.6 Å². The fourth-order valence-corrected chi connectivity index (χ4v) is 2.70. The third kappa shape index (κ3) is 5.81. The predicted octanol–water partition coefficient (Wildman–Crippen LogP) is -0.0483. The molecular formula is C11H25N3O2S. The highest BCUT2D eigenvalue weighted by Crippen LogP contribution is 2.05. The first-order valence-electron chi connectivity index (χ1n) is 6.11. The second kappa shape index (κ2) is 5.65. The predicted molar refractivity (Wildman–Crippen MR) is 70.6 cm³/mol. The molecule has 1 rings (SSSR count). The van der Waals surface area contributed by atoms with Crippen molar-refractivity contribution in [1.82, 2.24) is 14.5 Å². The molecule has 1 aliphatic rings. The standard InChI is InChI=1S/C11H25N3O2S/c1-11(2,3)12-5-6-13-7-9-14(10-8-13)17(4,15)16/h12H,5-10H2,1-4H3. The average molecular weight is 263 g/mol. The first kappa shape index (κ1) is 14.9. The van der Waals surface area contributed by atoms with E-state index in [2.05, 4.69) is 31.0 Å². The van der Waals surface area contributed by atoms with E-state index in [0.717, 1.165) is 26.2 Å². The van der Waals surface area contributed by atoms with Gasteiger partial charge in [0.05, 0.1) is 6.26 Å². The summed E-state index contributed by atoms with van der Waals surface area (Å²) in [5, 5.41) is 3.44. The Balaban J connectivity index is 2.24. The molecule has 0 atom stereocenters. The van der Waals surface area contributed by atoms with E-state index in [1.54, 1.807) is 4.31 Å². The molecule has 0 saturated carbocycles. The molecular weight excluding hydrogens is 238 g/mol. The Kier molecular flexibility index (Phi) is 4.95. The van der Waals surface area contributed by atoms with Crippen molar-refractivity contribution in [3.63, 3.8) is 0 Å². The van der Waals surface area contributed by atoms with Crippen molar-refractivity contribution >= 4 is 10.0 Å². The lowest BCUT2D eigenvalue weighted by Crippen LogP contribution is -2.50. The Bertz CT molecular complexity index is 327. The van der Waals surface area contributed by atoms with E-state index in [9.17, 15) is 8.42 Å². The Morgan fingerprint density at radius 3 is 2.06 bits per heavy atom. The van der Waals surface area contributed by atoms with Gasteiger partial charge in [-0.3, -0.25) is 4.90 Å². The molecule has 1 saturated heterocycles. The van der Waals surface area contributed by atoms with Crippen LogP contribution in [-0.4, -0.2) is 68.7 Å². The summed E-state index contributed by atoms with van der Waals surface area (Å²) in [5.41, 5.74) is 0.147. The van der Waals surface area contributed by atoms with Gasteiger partial charge in [0.25, 0.3) is 0 Å². The molecule has 1 heterocycles. The lowest BCUT2D eigenvalue weighted by Gasteiger charge is -2.33. The van der Waals surface area contributed by atoms with Gasteiger partial charge in [0.2, 0.25) is 10.0 Å². The van der Waals surface area contributed by atoms with Gasteiger partial charge in [0.1, 0.15) is 0 Å². The normalized spacial score (nSPS) is 20.7. The number of hydrogen-bond acceptors (Lipinski definition) is 4. The van der Waals surface area contributed by atoms with Gasteiger partial charge in [-0.25, -0.2) is 8.42 Å². The molecule has 0 aliphatic carbocycles. The number of rotatable bonds is 4. The third-order valence-electron chi connectivity index (χ3n) is 2.88. The van der Waals surface area contributed by atoms with Crippen LogP contribution in [0, 0.1) is 0 Å². The van der Waals surface area contributed by atoms with Crippen molar-refractivity contribution in [2.24, 2.45) is 0 Å². The van der Waals surface area contributed by atoms with Crippen molar-refractivity contribution in [2.45, 2.75) is 26.3 Å². The van der Waals surface area contributed by atoms with Gasteiger partial charge in [-0.1, -0.05) is 0 Å². The Morgan fingerprint density at radius 2 is 1.65 bits per heavy atom. The SMILES string of the molecule is CC(C)(C)NCCN1CCN(S(C)(=O)=O)CC1. The zero-order chi connectivity index (χ0) is 13.1. The minimum atomic E-state index is -3.00. The molecule has 0 bridgehead atoms. The van der Waals surface area contributed by atoms with Gasteiger partial charge in [-0.05, 0) is 20.8 Å². The summed E-state index contributed by atoms with van der Waals surface area (Å²) in [4.78, 5) is 2.31. The maximum absolute atomic E-state index is 11.3. The Labute approximate surface area is 105 Å². The molecule has 0 aromatic rings. The summed E-state index contributed by atoms with van der Waals surface area (Å²) >= 11 is 0. The van der Waals surface area contributed by atoms with E-state index in [1.807, 2.05) is 0 Å². The molecule has 6 heteroatoms. The maximum atomic E-state index is 11.3. The van der Waals surface area contributed by atoms with Gasteiger partial charge < -0.3 is 5.32 Å². The fraction of sp³-hybridized carbons (Fsp3) is 1.00. The van der Waals surface area contributed by atoms with Crippen LogP contribution < -0.4 is 5.32 Å². The van der Waals surface area contributed by atoms with Gasteiger partial charge in [-0.2, -0.15) is 4.31 Å². The number of nitrogens with one attached hydrogen (secondary N) is 1. The molecule has 0 aromatic heterocycles.